The van der Waals surface area contributed by atoms with Gasteiger partial charge in [0.05, 0.1) is 0 Å². The maximum atomic E-state index is 12.9. The zero-order valence-electron chi connectivity index (χ0n) is 18.1. The largest absolute Gasteiger partial charge is 0.326 e. The van der Waals surface area contributed by atoms with E-state index >= 15 is 0 Å². The van der Waals surface area contributed by atoms with Crippen molar-refractivity contribution >= 4 is 34.8 Å². The molecule has 3 aromatic carbocycles. The van der Waals surface area contributed by atoms with Gasteiger partial charge in [-0.1, -0.05) is 42.5 Å². The summed E-state index contributed by atoms with van der Waals surface area (Å²) in [5.74, 6) is 0. The molecule has 31 heavy (non-hydrogen) atoms. The molecule has 6 heteroatoms. The van der Waals surface area contributed by atoms with Crippen molar-refractivity contribution in [2.75, 3.05) is 33.5 Å². The first-order valence-corrected chi connectivity index (χ1v) is 10.4. The number of rotatable bonds is 6. The molecule has 0 saturated carbocycles. The lowest BCUT2D eigenvalue weighted by Gasteiger charge is -2.23. The van der Waals surface area contributed by atoms with Gasteiger partial charge in [-0.25, -0.2) is 9.59 Å². The summed E-state index contributed by atoms with van der Waals surface area (Å²) in [6.45, 7) is 6.85. The number of anilines is 4. The van der Waals surface area contributed by atoms with E-state index < -0.39 is 0 Å². The van der Waals surface area contributed by atoms with Gasteiger partial charge in [-0.3, -0.25) is 9.80 Å². The molecule has 160 valence electrons. The second-order valence-corrected chi connectivity index (χ2v) is 7.05. The SMILES string of the molecule is CCN(C(=O)Nc1ccc(C)c(NC(=O)N(CC)c2ccccc2)c1)c1ccccc1. The summed E-state index contributed by atoms with van der Waals surface area (Å²) >= 11 is 0. The number of amides is 4. The minimum Gasteiger partial charge on any atom is -0.307 e. The van der Waals surface area contributed by atoms with Crippen LogP contribution in [0.1, 0.15) is 19.4 Å². The molecule has 0 aromatic heterocycles. The van der Waals surface area contributed by atoms with E-state index in [4.69, 9.17) is 0 Å². The van der Waals surface area contributed by atoms with E-state index in [1.54, 1.807) is 15.9 Å². The van der Waals surface area contributed by atoms with Gasteiger partial charge in [-0.2, -0.15) is 0 Å². The van der Waals surface area contributed by atoms with E-state index in [2.05, 4.69) is 10.6 Å². The molecular formula is C25H28N4O2. The van der Waals surface area contributed by atoms with Crippen molar-refractivity contribution in [3.05, 3.63) is 84.4 Å². The van der Waals surface area contributed by atoms with Crippen LogP contribution in [0.5, 0.6) is 0 Å². The van der Waals surface area contributed by atoms with Crippen molar-refractivity contribution in [1.29, 1.82) is 0 Å². The molecule has 0 saturated heterocycles. The minimum absolute atomic E-state index is 0.222. The Morgan fingerprint density at radius 2 is 1.19 bits per heavy atom. The zero-order chi connectivity index (χ0) is 22.2. The number of nitrogens with zero attached hydrogens (tertiary/aromatic N) is 2. The summed E-state index contributed by atoms with van der Waals surface area (Å²) in [5, 5.41) is 5.90. The number of hydrogen-bond donors (Lipinski definition) is 2. The third kappa shape index (κ3) is 5.42. The topological polar surface area (TPSA) is 64.7 Å². The number of nitrogens with one attached hydrogen (secondary N) is 2. The van der Waals surface area contributed by atoms with Gasteiger partial charge in [0.15, 0.2) is 0 Å². The van der Waals surface area contributed by atoms with Crippen LogP contribution >= 0.6 is 0 Å². The summed E-state index contributed by atoms with van der Waals surface area (Å²) in [5.41, 5.74) is 3.82. The average Bonchev–Trinajstić information content (AvgIpc) is 2.78. The Hall–Kier alpha value is -3.80. The van der Waals surface area contributed by atoms with Crippen LogP contribution in [0.3, 0.4) is 0 Å². The first-order valence-electron chi connectivity index (χ1n) is 10.4. The fourth-order valence-electron chi connectivity index (χ4n) is 3.31. The van der Waals surface area contributed by atoms with Crippen molar-refractivity contribution in [3.63, 3.8) is 0 Å². The lowest BCUT2D eigenvalue weighted by molar-refractivity contribution is 0.256. The quantitative estimate of drug-likeness (QED) is 0.509. The molecule has 0 aliphatic carbocycles. The zero-order valence-corrected chi connectivity index (χ0v) is 18.1. The van der Waals surface area contributed by atoms with E-state index in [-0.39, 0.29) is 12.1 Å². The van der Waals surface area contributed by atoms with Gasteiger partial charge in [-0.05, 0) is 62.7 Å². The highest BCUT2D eigenvalue weighted by Crippen LogP contribution is 2.23. The van der Waals surface area contributed by atoms with Crippen LogP contribution in [0, 0.1) is 6.92 Å². The standard InChI is InChI=1S/C25H28N4O2/c1-4-28(21-12-8-6-9-13-21)24(30)26-20-17-16-19(3)23(18-20)27-25(31)29(5-2)22-14-10-7-11-15-22/h6-18H,4-5H2,1-3H3,(H,26,30)(H,27,31). The lowest BCUT2D eigenvalue weighted by atomic mass is 10.2. The number of hydrogen-bond acceptors (Lipinski definition) is 2. The van der Waals surface area contributed by atoms with E-state index in [0.29, 0.717) is 24.5 Å². The highest BCUT2D eigenvalue weighted by molar-refractivity contribution is 6.04. The van der Waals surface area contributed by atoms with Crippen molar-refractivity contribution < 1.29 is 9.59 Å². The van der Waals surface area contributed by atoms with E-state index in [9.17, 15) is 9.59 Å². The molecule has 0 spiro atoms. The predicted molar refractivity (Wildman–Crippen MR) is 128 cm³/mol. The number of para-hydroxylation sites is 2. The molecule has 2 N–H and O–H groups in total. The van der Waals surface area contributed by atoms with Crippen LogP contribution in [0.4, 0.5) is 32.3 Å². The Kier molecular flexibility index (Phi) is 7.27. The van der Waals surface area contributed by atoms with E-state index in [1.165, 1.54) is 0 Å². The molecule has 0 heterocycles. The molecule has 3 aromatic rings. The van der Waals surface area contributed by atoms with Gasteiger partial charge in [0.2, 0.25) is 0 Å². The van der Waals surface area contributed by atoms with Crippen LogP contribution in [-0.4, -0.2) is 25.2 Å². The minimum atomic E-state index is -0.228. The third-order valence-electron chi connectivity index (χ3n) is 4.99. The molecule has 0 bridgehead atoms. The first-order chi connectivity index (χ1) is 15.0. The number of aryl methyl sites for hydroxylation is 1. The van der Waals surface area contributed by atoms with Crippen LogP contribution in [0.2, 0.25) is 0 Å². The van der Waals surface area contributed by atoms with Crippen molar-refractivity contribution in [1.82, 2.24) is 0 Å². The molecule has 0 aliphatic rings. The van der Waals surface area contributed by atoms with E-state index in [1.807, 2.05) is 93.6 Å². The Labute approximate surface area is 183 Å². The first kappa shape index (κ1) is 21.9. The molecule has 0 radical (unpaired) electrons. The predicted octanol–water partition coefficient (Wildman–Crippen LogP) is 6.11. The summed E-state index contributed by atoms with van der Waals surface area (Å²) in [6.07, 6.45) is 0. The van der Waals surface area contributed by atoms with Crippen molar-refractivity contribution in [2.45, 2.75) is 20.8 Å². The van der Waals surface area contributed by atoms with Gasteiger partial charge in [0.25, 0.3) is 0 Å². The van der Waals surface area contributed by atoms with Crippen LogP contribution in [0.25, 0.3) is 0 Å². The summed E-state index contributed by atoms with van der Waals surface area (Å²) in [4.78, 5) is 29.0. The fourth-order valence-corrected chi connectivity index (χ4v) is 3.31. The highest BCUT2D eigenvalue weighted by Gasteiger charge is 2.17. The van der Waals surface area contributed by atoms with Crippen LogP contribution < -0.4 is 20.4 Å². The second kappa shape index (κ2) is 10.3. The molecule has 0 aliphatic heterocycles. The molecule has 4 amide bonds. The van der Waals surface area contributed by atoms with Crippen molar-refractivity contribution in [2.24, 2.45) is 0 Å². The van der Waals surface area contributed by atoms with Crippen LogP contribution in [-0.2, 0) is 0 Å². The molecule has 0 fully saturated rings. The summed E-state index contributed by atoms with van der Waals surface area (Å²) in [6, 6.07) is 24.1. The molecular weight excluding hydrogens is 388 g/mol. The fraction of sp³-hybridized carbons (Fsp3) is 0.200. The summed E-state index contributed by atoms with van der Waals surface area (Å²) < 4.78 is 0. The maximum absolute atomic E-state index is 12.9. The van der Waals surface area contributed by atoms with Crippen LogP contribution in [0.15, 0.2) is 78.9 Å². The van der Waals surface area contributed by atoms with Gasteiger partial charge < -0.3 is 10.6 Å². The molecule has 0 unspecified atom stereocenters. The van der Waals surface area contributed by atoms with Gasteiger partial charge in [0, 0.05) is 35.8 Å². The average molecular weight is 417 g/mol. The summed E-state index contributed by atoms with van der Waals surface area (Å²) in [7, 11) is 0. The number of benzene rings is 3. The Morgan fingerprint density at radius 1 is 0.710 bits per heavy atom. The van der Waals surface area contributed by atoms with E-state index in [0.717, 1.165) is 16.9 Å². The normalized spacial score (nSPS) is 10.3. The molecule has 6 nitrogen and oxygen atoms in total. The van der Waals surface area contributed by atoms with Crippen molar-refractivity contribution in [3.8, 4) is 0 Å². The van der Waals surface area contributed by atoms with Gasteiger partial charge >= 0.3 is 12.1 Å². The Balaban J connectivity index is 1.75. The maximum Gasteiger partial charge on any atom is 0.326 e. The number of carbonyl (C=O) groups excluding carboxylic acids is 2. The van der Waals surface area contributed by atoms with Gasteiger partial charge in [0.1, 0.15) is 0 Å². The number of carbonyl (C=O) groups is 2. The smallest absolute Gasteiger partial charge is 0.307 e. The monoisotopic (exact) mass is 416 g/mol. The Morgan fingerprint density at radius 3 is 1.68 bits per heavy atom. The molecule has 0 atom stereocenters. The molecule has 3 rings (SSSR count). The van der Waals surface area contributed by atoms with Gasteiger partial charge in [-0.15, -0.1) is 0 Å². The third-order valence-corrected chi connectivity index (χ3v) is 4.99. The number of urea groups is 2. The second-order valence-electron chi connectivity index (χ2n) is 7.05. The Bertz CT molecular complexity index is 1020. The highest BCUT2D eigenvalue weighted by atomic mass is 16.2. The lowest BCUT2D eigenvalue weighted by Crippen LogP contribution is -2.35.